The highest BCUT2D eigenvalue weighted by molar-refractivity contribution is 5.83. The Bertz CT molecular complexity index is 486. The van der Waals surface area contributed by atoms with Crippen LogP contribution in [-0.2, 0) is 4.79 Å². The van der Waals surface area contributed by atoms with Crippen LogP contribution in [0.1, 0.15) is 38.5 Å². The van der Waals surface area contributed by atoms with E-state index < -0.39 is 6.04 Å². The van der Waals surface area contributed by atoms with Gasteiger partial charge in [0.1, 0.15) is 6.04 Å². The van der Waals surface area contributed by atoms with Crippen molar-refractivity contribution in [2.75, 3.05) is 19.6 Å². The van der Waals surface area contributed by atoms with Crippen molar-refractivity contribution in [1.82, 2.24) is 9.80 Å². The molecule has 5 atom stereocenters. The lowest BCUT2D eigenvalue weighted by Crippen LogP contribution is -2.67. The van der Waals surface area contributed by atoms with E-state index in [0.29, 0.717) is 23.9 Å². The number of hydrogen-bond donors (Lipinski definition) is 0. The number of fused-ring (bicyclic) bond motifs is 2. The second kappa shape index (κ2) is 5.18. The zero-order valence-electron chi connectivity index (χ0n) is 12.4. The van der Waals surface area contributed by atoms with E-state index in [1.165, 1.54) is 38.8 Å². The quantitative estimate of drug-likeness (QED) is 0.421. The Hall–Kier alpha value is -1.26. The van der Waals surface area contributed by atoms with Crippen molar-refractivity contribution < 1.29 is 4.79 Å². The Morgan fingerprint density at radius 2 is 1.95 bits per heavy atom. The molecule has 0 aliphatic carbocycles. The van der Waals surface area contributed by atoms with E-state index in [4.69, 9.17) is 5.53 Å². The van der Waals surface area contributed by atoms with Crippen molar-refractivity contribution in [2.45, 2.75) is 56.7 Å². The lowest BCUT2D eigenvalue weighted by atomic mass is 9.68. The molecule has 0 radical (unpaired) electrons. The molecule has 114 valence electrons. The molecule has 21 heavy (non-hydrogen) atoms. The van der Waals surface area contributed by atoms with Crippen LogP contribution in [-0.4, -0.2) is 53.5 Å². The topological polar surface area (TPSA) is 72.3 Å². The molecule has 0 aromatic rings. The molecule has 0 aromatic carbocycles. The van der Waals surface area contributed by atoms with Crippen molar-refractivity contribution in [3.8, 4) is 0 Å². The van der Waals surface area contributed by atoms with Gasteiger partial charge in [0.05, 0.1) is 0 Å². The molecule has 0 aromatic heterocycles. The van der Waals surface area contributed by atoms with Crippen LogP contribution in [0.5, 0.6) is 0 Å². The summed E-state index contributed by atoms with van der Waals surface area (Å²) in [5, 5.41) is 3.72. The van der Waals surface area contributed by atoms with E-state index in [0.717, 1.165) is 19.4 Å². The van der Waals surface area contributed by atoms with Crippen molar-refractivity contribution in [3.63, 3.8) is 0 Å². The Balaban J connectivity index is 1.62. The van der Waals surface area contributed by atoms with E-state index in [1.54, 1.807) is 0 Å². The van der Waals surface area contributed by atoms with Crippen LogP contribution in [0, 0.1) is 11.8 Å². The summed E-state index contributed by atoms with van der Waals surface area (Å²) in [6, 6.07) is 0.647. The van der Waals surface area contributed by atoms with E-state index in [-0.39, 0.29) is 5.91 Å². The molecule has 4 heterocycles. The van der Waals surface area contributed by atoms with Gasteiger partial charge in [-0.1, -0.05) is 5.11 Å². The van der Waals surface area contributed by atoms with Gasteiger partial charge in [0.2, 0.25) is 5.91 Å². The molecule has 0 spiro atoms. The van der Waals surface area contributed by atoms with Crippen molar-refractivity contribution in [2.24, 2.45) is 17.0 Å². The summed E-state index contributed by atoms with van der Waals surface area (Å²) in [6.07, 6.45) is 6.79. The summed E-state index contributed by atoms with van der Waals surface area (Å²) in [5.41, 5.74) is 8.64. The minimum absolute atomic E-state index is 0.0881. The summed E-state index contributed by atoms with van der Waals surface area (Å²) in [7, 11) is 0. The third-order valence-electron chi connectivity index (χ3n) is 6.17. The third-order valence-corrected chi connectivity index (χ3v) is 6.17. The highest BCUT2D eigenvalue weighted by Crippen LogP contribution is 2.44. The first kappa shape index (κ1) is 13.4. The van der Waals surface area contributed by atoms with Crippen LogP contribution in [0.4, 0.5) is 0 Å². The van der Waals surface area contributed by atoms with Crippen molar-refractivity contribution in [1.29, 1.82) is 0 Å². The van der Waals surface area contributed by atoms with Crippen molar-refractivity contribution in [3.05, 3.63) is 10.4 Å². The first-order chi connectivity index (χ1) is 10.3. The molecule has 1 unspecified atom stereocenters. The predicted molar refractivity (Wildman–Crippen MR) is 78.5 cm³/mol. The average Bonchev–Trinajstić information content (AvgIpc) is 2.51. The van der Waals surface area contributed by atoms with Gasteiger partial charge in [-0.05, 0) is 69.0 Å². The Morgan fingerprint density at radius 3 is 2.76 bits per heavy atom. The maximum Gasteiger partial charge on any atom is 0.231 e. The van der Waals surface area contributed by atoms with Crippen LogP contribution in [0.3, 0.4) is 0 Å². The largest absolute Gasteiger partial charge is 0.339 e. The third kappa shape index (κ3) is 2.04. The summed E-state index contributed by atoms with van der Waals surface area (Å²) in [6.45, 7) is 3.39. The van der Waals surface area contributed by atoms with Crippen LogP contribution < -0.4 is 0 Å². The summed E-state index contributed by atoms with van der Waals surface area (Å²) >= 11 is 0. The minimum Gasteiger partial charge on any atom is -0.339 e. The molecule has 4 fully saturated rings. The zero-order chi connectivity index (χ0) is 14.4. The Labute approximate surface area is 125 Å². The van der Waals surface area contributed by atoms with E-state index in [9.17, 15) is 4.79 Å². The highest BCUT2D eigenvalue weighted by Gasteiger charge is 2.51. The number of nitrogens with zero attached hydrogens (tertiary/aromatic N) is 5. The van der Waals surface area contributed by atoms with E-state index in [2.05, 4.69) is 19.8 Å². The standard InChI is InChI=1S/C15H23N5O/c16-18-17-12-5-6-13-11-4-2-8-19-7-1-3-10(14(11)19)9-20(13)15(12)21/h10-14H,1-9H2/t10-,11-,12?,13-,14-/m1/s1. The Morgan fingerprint density at radius 1 is 1.14 bits per heavy atom. The fraction of sp³-hybridized carbons (Fsp3) is 0.933. The molecule has 6 heteroatoms. The second-order valence-electron chi connectivity index (χ2n) is 7.09. The number of amides is 1. The molecule has 4 aliphatic rings. The highest BCUT2D eigenvalue weighted by atomic mass is 16.2. The summed E-state index contributed by atoms with van der Waals surface area (Å²) in [4.78, 5) is 20.3. The molecule has 4 aliphatic heterocycles. The van der Waals surface area contributed by atoms with Crippen molar-refractivity contribution >= 4 is 5.91 Å². The number of azide groups is 1. The molecular weight excluding hydrogens is 266 g/mol. The van der Waals surface area contributed by atoms with Gasteiger partial charge in [0.15, 0.2) is 0 Å². The van der Waals surface area contributed by atoms with Gasteiger partial charge < -0.3 is 4.90 Å². The molecule has 4 saturated heterocycles. The minimum atomic E-state index is -0.453. The average molecular weight is 289 g/mol. The van der Waals surface area contributed by atoms with Crippen LogP contribution in [0.15, 0.2) is 5.11 Å². The number of rotatable bonds is 1. The van der Waals surface area contributed by atoms with Gasteiger partial charge >= 0.3 is 0 Å². The maximum absolute atomic E-state index is 12.6. The molecule has 0 saturated carbocycles. The van der Waals surface area contributed by atoms with Gasteiger partial charge in [-0.15, -0.1) is 0 Å². The fourth-order valence-corrected chi connectivity index (χ4v) is 5.43. The fourth-order valence-electron chi connectivity index (χ4n) is 5.43. The molecule has 0 bridgehead atoms. The van der Waals surface area contributed by atoms with Crippen LogP contribution in [0.2, 0.25) is 0 Å². The zero-order valence-corrected chi connectivity index (χ0v) is 12.4. The Kier molecular flexibility index (Phi) is 3.31. The van der Waals surface area contributed by atoms with Gasteiger partial charge in [-0.3, -0.25) is 9.69 Å². The predicted octanol–water partition coefficient (Wildman–Crippen LogP) is 2.16. The molecule has 4 rings (SSSR count). The van der Waals surface area contributed by atoms with E-state index >= 15 is 0 Å². The first-order valence-corrected chi connectivity index (χ1v) is 8.38. The SMILES string of the molecule is [N-]=[N+]=NC1CC[C@@H]2[C@H]3CCCN4CCC[C@H](CN2C1=O)[C@H]34. The molecule has 1 amide bonds. The van der Waals surface area contributed by atoms with Gasteiger partial charge in [-0.2, -0.15) is 0 Å². The normalized spacial score (nSPS) is 42.8. The maximum atomic E-state index is 12.6. The monoisotopic (exact) mass is 289 g/mol. The number of piperidine rings is 4. The second-order valence-corrected chi connectivity index (χ2v) is 7.09. The van der Waals surface area contributed by atoms with Gasteiger partial charge in [0.25, 0.3) is 0 Å². The summed E-state index contributed by atoms with van der Waals surface area (Å²) in [5.74, 6) is 1.37. The molecule has 0 N–H and O–H groups in total. The van der Waals surface area contributed by atoms with Crippen LogP contribution in [0.25, 0.3) is 10.4 Å². The summed E-state index contributed by atoms with van der Waals surface area (Å²) < 4.78 is 0. The van der Waals surface area contributed by atoms with Crippen LogP contribution >= 0.6 is 0 Å². The van der Waals surface area contributed by atoms with Gasteiger partial charge in [-0.25, -0.2) is 0 Å². The number of hydrogen-bond acceptors (Lipinski definition) is 3. The molecule has 6 nitrogen and oxygen atoms in total. The lowest BCUT2D eigenvalue weighted by molar-refractivity contribution is -0.152. The van der Waals surface area contributed by atoms with E-state index in [1.807, 2.05) is 0 Å². The number of carbonyl (C=O) groups excluding carboxylic acids is 1. The molecular formula is C15H23N5O. The number of carbonyl (C=O) groups is 1. The smallest absolute Gasteiger partial charge is 0.231 e. The first-order valence-electron chi connectivity index (χ1n) is 8.38. The lowest BCUT2D eigenvalue weighted by Gasteiger charge is -2.59. The van der Waals surface area contributed by atoms with Gasteiger partial charge in [0, 0.05) is 23.5 Å².